The molecule has 0 spiro atoms. The van der Waals surface area contributed by atoms with Crippen molar-refractivity contribution in [2.24, 2.45) is 0 Å². The predicted molar refractivity (Wildman–Crippen MR) is 91.1 cm³/mol. The highest BCUT2D eigenvalue weighted by molar-refractivity contribution is 6.04. The minimum absolute atomic E-state index is 0.0130. The van der Waals surface area contributed by atoms with Gasteiger partial charge in [0, 0.05) is 31.1 Å². The summed E-state index contributed by atoms with van der Waals surface area (Å²) < 4.78 is 5.17. The van der Waals surface area contributed by atoms with Gasteiger partial charge in [-0.2, -0.15) is 0 Å². The third-order valence-corrected chi connectivity index (χ3v) is 5.14. The van der Waals surface area contributed by atoms with Crippen molar-refractivity contribution in [1.82, 2.24) is 4.90 Å². The Morgan fingerprint density at radius 3 is 2.42 bits per heavy atom. The molecule has 0 aromatic heterocycles. The molecule has 0 radical (unpaired) electrons. The lowest BCUT2D eigenvalue weighted by Gasteiger charge is -2.32. The number of imide groups is 1. The second kappa shape index (κ2) is 7.21. The number of nitrogens with one attached hydrogen (secondary N) is 2. The summed E-state index contributed by atoms with van der Waals surface area (Å²) in [5.41, 5.74) is 1.09. The van der Waals surface area contributed by atoms with E-state index in [0.717, 1.165) is 37.4 Å². The van der Waals surface area contributed by atoms with Gasteiger partial charge in [0.25, 0.3) is 5.91 Å². The lowest BCUT2D eigenvalue weighted by Crippen LogP contribution is -3.17. The molecule has 0 unspecified atom stereocenters. The molecule has 2 fully saturated rings. The number of rotatable bonds is 5. The second-order valence-electron chi connectivity index (χ2n) is 6.54. The lowest BCUT2D eigenvalue weighted by molar-refractivity contribution is -0.919. The van der Waals surface area contributed by atoms with E-state index in [9.17, 15) is 9.59 Å². The van der Waals surface area contributed by atoms with E-state index in [2.05, 4.69) is 5.32 Å². The fourth-order valence-electron chi connectivity index (χ4n) is 3.74. The zero-order valence-electron chi connectivity index (χ0n) is 14.4. The van der Waals surface area contributed by atoms with Crippen LogP contribution in [-0.2, 0) is 9.59 Å². The van der Waals surface area contributed by atoms with Crippen LogP contribution in [0.25, 0.3) is 0 Å². The summed E-state index contributed by atoms with van der Waals surface area (Å²) in [7, 11) is 1.66. The number of anilines is 1. The number of hydrogen-bond donors (Lipinski definition) is 2. The monoisotopic (exact) mass is 332 g/mol. The number of amides is 2. The molecule has 3 rings (SSSR count). The Bertz CT molecular complexity index is 594. The molecule has 6 nitrogen and oxygen atoms in total. The number of benzene rings is 1. The molecule has 2 N–H and O–H groups in total. The zero-order chi connectivity index (χ0) is 17.1. The molecule has 1 aromatic carbocycles. The topological polar surface area (TPSA) is 63.1 Å². The van der Waals surface area contributed by atoms with Crippen molar-refractivity contribution in [2.45, 2.75) is 38.3 Å². The predicted octanol–water partition coefficient (Wildman–Crippen LogP) is 0.302. The largest absolute Gasteiger partial charge is 0.497 e. The number of ether oxygens (including phenoxy) is 1. The van der Waals surface area contributed by atoms with Crippen LogP contribution in [0.3, 0.4) is 0 Å². The number of likely N-dealkylation sites (tertiary alicyclic amines) is 2. The van der Waals surface area contributed by atoms with Crippen LogP contribution in [0.1, 0.15) is 26.2 Å². The highest BCUT2D eigenvalue weighted by Crippen LogP contribution is 2.18. The van der Waals surface area contributed by atoms with Crippen molar-refractivity contribution in [1.29, 1.82) is 0 Å². The maximum atomic E-state index is 12.3. The Balaban J connectivity index is 1.52. The highest BCUT2D eigenvalue weighted by atomic mass is 16.5. The normalized spacial score (nSPS) is 27.4. The number of piperidine rings is 1. The lowest BCUT2D eigenvalue weighted by atomic mass is 10.0. The van der Waals surface area contributed by atoms with Crippen LogP contribution in [0.15, 0.2) is 24.3 Å². The molecule has 1 aromatic rings. The molecular weight excluding hydrogens is 306 g/mol. The zero-order valence-corrected chi connectivity index (χ0v) is 14.4. The number of hydrogen-bond acceptors (Lipinski definition) is 4. The van der Waals surface area contributed by atoms with Crippen molar-refractivity contribution < 1.29 is 19.2 Å². The van der Waals surface area contributed by atoms with E-state index >= 15 is 0 Å². The summed E-state index contributed by atoms with van der Waals surface area (Å²) in [6.45, 7) is 4.20. The maximum Gasteiger partial charge on any atom is 0.287 e. The van der Waals surface area contributed by atoms with Crippen molar-refractivity contribution in [3.05, 3.63) is 24.3 Å². The molecule has 2 aliphatic rings. The first-order chi connectivity index (χ1) is 11.6. The van der Waals surface area contributed by atoms with Crippen molar-refractivity contribution in [3.63, 3.8) is 0 Å². The second-order valence-corrected chi connectivity index (χ2v) is 6.54. The smallest absolute Gasteiger partial charge is 0.287 e. The van der Waals surface area contributed by atoms with Gasteiger partial charge in [-0.3, -0.25) is 14.5 Å². The van der Waals surface area contributed by atoms with Crippen LogP contribution in [0.4, 0.5) is 5.69 Å². The van der Waals surface area contributed by atoms with Gasteiger partial charge >= 0.3 is 0 Å². The molecule has 24 heavy (non-hydrogen) atoms. The van der Waals surface area contributed by atoms with Crippen LogP contribution in [0, 0.1) is 0 Å². The molecular formula is C18H26N3O3+. The minimum atomic E-state index is -0.167. The van der Waals surface area contributed by atoms with Crippen LogP contribution < -0.4 is 15.0 Å². The minimum Gasteiger partial charge on any atom is -0.497 e. The van der Waals surface area contributed by atoms with E-state index in [0.29, 0.717) is 19.0 Å². The summed E-state index contributed by atoms with van der Waals surface area (Å²) in [6, 6.07) is 8.19. The highest BCUT2D eigenvalue weighted by Gasteiger charge is 2.45. The first-order valence-corrected chi connectivity index (χ1v) is 8.71. The van der Waals surface area contributed by atoms with E-state index in [1.165, 1.54) is 9.80 Å². The van der Waals surface area contributed by atoms with Gasteiger partial charge in [-0.05, 0) is 31.2 Å². The first-order valence-electron chi connectivity index (χ1n) is 8.71. The number of nitrogens with zero attached hydrogens (tertiary/aromatic N) is 1. The van der Waals surface area contributed by atoms with E-state index in [-0.39, 0.29) is 17.9 Å². The molecule has 6 heteroatoms. The summed E-state index contributed by atoms with van der Waals surface area (Å²) >= 11 is 0. The number of methoxy groups -OCH3 is 1. The first kappa shape index (κ1) is 16.8. The Morgan fingerprint density at radius 2 is 1.88 bits per heavy atom. The number of carbonyl (C=O) groups is 2. The van der Waals surface area contributed by atoms with Gasteiger partial charge in [0.15, 0.2) is 6.04 Å². The van der Waals surface area contributed by atoms with E-state index < -0.39 is 0 Å². The Kier molecular flexibility index (Phi) is 5.04. The Morgan fingerprint density at radius 1 is 1.21 bits per heavy atom. The number of carbonyl (C=O) groups excluding carboxylic acids is 2. The number of likely N-dealkylation sites (N-methyl/N-ethyl adjacent to an activating group) is 1. The molecule has 0 saturated carbocycles. The van der Waals surface area contributed by atoms with Gasteiger partial charge in [-0.15, -0.1) is 0 Å². The third-order valence-electron chi connectivity index (χ3n) is 5.14. The molecule has 130 valence electrons. The fourth-order valence-corrected chi connectivity index (χ4v) is 3.74. The average Bonchev–Trinajstić information content (AvgIpc) is 2.90. The van der Waals surface area contributed by atoms with Gasteiger partial charge in [0.2, 0.25) is 5.91 Å². The number of quaternary nitrogens is 1. The van der Waals surface area contributed by atoms with E-state index in [1.54, 1.807) is 7.11 Å². The van der Waals surface area contributed by atoms with Gasteiger partial charge in [0.1, 0.15) is 5.75 Å². The molecule has 2 heterocycles. The molecule has 0 bridgehead atoms. The van der Waals surface area contributed by atoms with Crippen LogP contribution in [0.5, 0.6) is 5.75 Å². The summed E-state index contributed by atoms with van der Waals surface area (Å²) in [5.74, 6) is 0.849. The molecule has 1 atom stereocenters. The maximum absolute atomic E-state index is 12.3. The van der Waals surface area contributed by atoms with Crippen molar-refractivity contribution in [3.8, 4) is 5.75 Å². The molecule has 2 amide bonds. The van der Waals surface area contributed by atoms with Crippen LogP contribution >= 0.6 is 0 Å². The molecule has 0 aliphatic carbocycles. The van der Waals surface area contributed by atoms with Crippen molar-refractivity contribution in [2.75, 3.05) is 32.1 Å². The summed E-state index contributed by atoms with van der Waals surface area (Å²) in [4.78, 5) is 26.9. The van der Waals surface area contributed by atoms with Gasteiger partial charge in [0.05, 0.1) is 26.6 Å². The Hall–Kier alpha value is -2.08. The standard InChI is InChI=1S/C18H25N3O3/c1-3-21-17(22)12-16(18(21)23)20-10-8-14(9-11-20)19-13-4-6-15(24-2)7-5-13/h4-7,14,16,19H,3,8-12H2,1-2H3/p+1/t16-/m1/s1. The molecule has 2 saturated heterocycles. The van der Waals surface area contributed by atoms with Crippen LogP contribution in [0.2, 0.25) is 0 Å². The summed E-state index contributed by atoms with van der Waals surface area (Å²) in [6.07, 6.45) is 2.38. The third kappa shape index (κ3) is 3.38. The molecule has 2 aliphatic heterocycles. The van der Waals surface area contributed by atoms with Gasteiger partial charge < -0.3 is 15.0 Å². The van der Waals surface area contributed by atoms with Gasteiger partial charge in [-0.25, -0.2) is 0 Å². The SMILES string of the molecule is CCN1C(=O)C[C@@H]([NH+]2CCC(Nc3ccc(OC)cc3)CC2)C1=O. The quantitative estimate of drug-likeness (QED) is 0.762. The Labute approximate surface area is 142 Å². The van der Waals surface area contributed by atoms with Crippen LogP contribution in [-0.4, -0.2) is 55.5 Å². The van der Waals surface area contributed by atoms with E-state index in [1.807, 2.05) is 31.2 Å². The fraction of sp³-hybridized carbons (Fsp3) is 0.556. The average molecular weight is 332 g/mol. The summed E-state index contributed by atoms with van der Waals surface area (Å²) in [5, 5.41) is 3.55. The van der Waals surface area contributed by atoms with Crippen molar-refractivity contribution >= 4 is 17.5 Å². The van der Waals surface area contributed by atoms with Gasteiger partial charge in [-0.1, -0.05) is 0 Å². The van der Waals surface area contributed by atoms with E-state index in [4.69, 9.17) is 4.74 Å².